The van der Waals surface area contributed by atoms with Crippen molar-refractivity contribution < 1.29 is 9.53 Å². The highest BCUT2D eigenvalue weighted by Gasteiger charge is 2.28. The van der Waals surface area contributed by atoms with Crippen LogP contribution in [0.5, 0.6) is 5.75 Å². The Morgan fingerprint density at radius 3 is 2.65 bits per heavy atom. The van der Waals surface area contributed by atoms with Crippen molar-refractivity contribution in [3.05, 3.63) is 35.4 Å². The number of rotatable bonds is 1. The minimum Gasteiger partial charge on any atom is -0.488 e. The van der Waals surface area contributed by atoms with E-state index in [4.69, 9.17) is 4.74 Å². The van der Waals surface area contributed by atoms with Gasteiger partial charge in [-0.2, -0.15) is 0 Å². The van der Waals surface area contributed by atoms with Crippen molar-refractivity contribution in [3.8, 4) is 5.75 Å². The average Bonchev–Trinajstić information content (AvgIpc) is 2.45. The molecule has 106 valence electrons. The molecule has 1 aromatic carbocycles. The second kappa shape index (κ2) is 5.31. The molecule has 0 aliphatic carbocycles. The molecule has 0 N–H and O–H groups in total. The quantitative estimate of drug-likeness (QED) is 0.786. The normalized spacial score (nSPS) is 25.5. The van der Waals surface area contributed by atoms with Crippen LogP contribution in [0.25, 0.3) is 6.08 Å². The zero-order valence-corrected chi connectivity index (χ0v) is 12.1. The maximum Gasteiger partial charge on any atom is 0.253 e. The van der Waals surface area contributed by atoms with E-state index in [1.54, 1.807) is 0 Å². The summed E-state index contributed by atoms with van der Waals surface area (Å²) in [5, 5.41) is 0. The van der Waals surface area contributed by atoms with Crippen LogP contribution in [0.2, 0.25) is 0 Å². The Labute approximate surface area is 120 Å². The molecular formula is C17H21NO2. The Hall–Kier alpha value is -1.77. The van der Waals surface area contributed by atoms with Crippen molar-refractivity contribution in [2.75, 3.05) is 19.7 Å². The number of ether oxygens (including phenoxy) is 1. The average molecular weight is 271 g/mol. The number of amides is 1. The first-order valence-corrected chi connectivity index (χ1v) is 7.35. The third-order valence-electron chi connectivity index (χ3n) is 4.06. The van der Waals surface area contributed by atoms with Crippen LogP contribution in [0.3, 0.4) is 0 Å². The molecule has 0 radical (unpaired) electrons. The topological polar surface area (TPSA) is 29.5 Å². The van der Waals surface area contributed by atoms with Crippen LogP contribution in [0.15, 0.2) is 29.8 Å². The number of benzene rings is 1. The van der Waals surface area contributed by atoms with Crippen LogP contribution in [-0.4, -0.2) is 30.5 Å². The minimum absolute atomic E-state index is 0.137. The summed E-state index contributed by atoms with van der Waals surface area (Å²) < 4.78 is 5.69. The summed E-state index contributed by atoms with van der Waals surface area (Å²) >= 11 is 0. The third kappa shape index (κ3) is 2.58. The molecule has 2 atom stereocenters. The molecule has 1 saturated heterocycles. The van der Waals surface area contributed by atoms with Gasteiger partial charge in [-0.1, -0.05) is 32.0 Å². The smallest absolute Gasteiger partial charge is 0.253 e. The lowest BCUT2D eigenvalue weighted by Gasteiger charge is -2.35. The Bertz CT molecular complexity index is 540. The van der Waals surface area contributed by atoms with Gasteiger partial charge in [0.05, 0.1) is 5.57 Å². The fourth-order valence-electron chi connectivity index (χ4n) is 3.27. The first-order valence-electron chi connectivity index (χ1n) is 7.35. The van der Waals surface area contributed by atoms with E-state index in [2.05, 4.69) is 13.8 Å². The van der Waals surface area contributed by atoms with E-state index in [0.717, 1.165) is 30.0 Å². The molecule has 3 heteroatoms. The monoisotopic (exact) mass is 271 g/mol. The van der Waals surface area contributed by atoms with Gasteiger partial charge < -0.3 is 9.64 Å². The molecule has 3 nitrogen and oxygen atoms in total. The van der Waals surface area contributed by atoms with E-state index in [-0.39, 0.29) is 5.91 Å². The number of carbonyl (C=O) groups is 1. The summed E-state index contributed by atoms with van der Waals surface area (Å²) in [6.07, 6.45) is 3.19. The minimum atomic E-state index is 0.137. The van der Waals surface area contributed by atoms with E-state index in [9.17, 15) is 4.79 Å². The van der Waals surface area contributed by atoms with E-state index in [1.807, 2.05) is 35.2 Å². The Morgan fingerprint density at radius 2 is 1.90 bits per heavy atom. The number of fused-ring (bicyclic) bond motifs is 1. The van der Waals surface area contributed by atoms with Gasteiger partial charge in [0.15, 0.2) is 0 Å². The van der Waals surface area contributed by atoms with Crippen molar-refractivity contribution in [3.63, 3.8) is 0 Å². The molecular weight excluding hydrogens is 250 g/mol. The molecule has 3 rings (SSSR count). The van der Waals surface area contributed by atoms with Crippen molar-refractivity contribution in [1.82, 2.24) is 4.90 Å². The Kier molecular flexibility index (Phi) is 3.51. The van der Waals surface area contributed by atoms with E-state index < -0.39 is 0 Å². The molecule has 0 unspecified atom stereocenters. The van der Waals surface area contributed by atoms with Gasteiger partial charge in [0.1, 0.15) is 12.4 Å². The summed E-state index contributed by atoms with van der Waals surface area (Å²) in [5.41, 5.74) is 1.77. The zero-order chi connectivity index (χ0) is 14.1. The molecule has 0 spiro atoms. The molecule has 0 saturated carbocycles. The number of hydrogen-bond donors (Lipinski definition) is 0. The van der Waals surface area contributed by atoms with Crippen LogP contribution in [0.1, 0.15) is 25.8 Å². The highest BCUT2D eigenvalue weighted by atomic mass is 16.5. The summed E-state index contributed by atoms with van der Waals surface area (Å²) in [4.78, 5) is 14.6. The third-order valence-corrected chi connectivity index (χ3v) is 4.06. The summed E-state index contributed by atoms with van der Waals surface area (Å²) in [6.45, 7) is 6.55. The lowest BCUT2D eigenvalue weighted by molar-refractivity contribution is -0.130. The number of carbonyl (C=O) groups excluding carboxylic acids is 1. The molecule has 20 heavy (non-hydrogen) atoms. The Balaban J connectivity index is 1.80. The lowest BCUT2D eigenvalue weighted by Crippen LogP contribution is -2.44. The van der Waals surface area contributed by atoms with Gasteiger partial charge >= 0.3 is 0 Å². The van der Waals surface area contributed by atoms with Crippen LogP contribution in [0.4, 0.5) is 0 Å². The molecule has 0 bridgehead atoms. The van der Waals surface area contributed by atoms with Gasteiger partial charge in [0, 0.05) is 18.7 Å². The van der Waals surface area contributed by atoms with Gasteiger partial charge in [0.2, 0.25) is 0 Å². The second-order valence-electron chi connectivity index (χ2n) is 6.15. The van der Waals surface area contributed by atoms with Crippen molar-refractivity contribution in [2.24, 2.45) is 11.8 Å². The van der Waals surface area contributed by atoms with Crippen LogP contribution in [0, 0.1) is 11.8 Å². The SMILES string of the molecule is C[C@@H]1C[C@H](C)CN(C(=O)C2=Cc3ccccc3OC2)C1. The number of likely N-dealkylation sites (tertiary alicyclic amines) is 1. The van der Waals surface area contributed by atoms with Gasteiger partial charge in [-0.15, -0.1) is 0 Å². The van der Waals surface area contributed by atoms with Gasteiger partial charge in [0.25, 0.3) is 5.91 Å². The molecule has 1 aromatic rings. The fourth-order valence-corrected chi connectivity index (χ4v) is 3.27. The zero-order valence-electron chi connectivity index (χ0n) is 12.1. The summed E-state index contributed by atoms with van der Waals surface area (Å²) in [5.74, 6) is 2.17. The number of para-hydroxylation sites is 1. The molecule has 2 aliphatic heterocycles. The summed E-state index contributed by atoms with van der Waals surface area (Å²) in [6, 6.07) is 7.85. The first kappa shape index (κ1) is 13.2. The van der Waals surface area contributed by atoms with Crippen molar-refractivity contribution in [2.45, 2.75) is 20.3 Å². The molecule has 1 fully saturated rings. The molecule has 2 heterocycles. The number of nitrogens with zero attached hydrogens (tertiary/aromatic N) is 1. The van der Waals surface area contributed by atoms with Gasteiger partial charge in [-0.3, -0.25) is 4.79 Å². The largest absolute Gasteiger partial charge is 0.488 e. The maximum atomic E-state index is 12.6. The van der Waals surface area contributed by atoms with Crippen LogP contribution < -0.4 is 4.74 Å². The lowest BCUT2D eigenvalue weighted by atomic mass is 9.91. The van der Waals surface area contributed by atoms with Crippen LogP contribution >= 0.6 is 0 Å². The maximum absolute atomic E-state index is 12.6. The predicted octanol–water partition coefficient (Wildman–Crippen LogP) is 2.97. The molecule has 0 aromatic heterocycles. The van der Waals surface area contributed by atoms with Gasteiger partial charge in [-0.05, 0) is 30.4 Å². The molecule has 1 amide bonds. The molecule has 2 aliphatic rings. The highest BCUT2D eigenvalue weighted by molar-refractivity contribution is 5.99. The van der Waals surface area contributed by atoms with E-state index in [0.29, 0.717) is 18.4 Å². The van der Waals surface area contributed by atoms with Crippen LogP contribution in [-0.2, 0) is 4.79 Å². The van der Waals surface area contributed by atoms with E-state index in [1.165, 1.54) is 6.42 Å². The fraction of sp³-hybridized carbons (Fsp3) is 0.471. The van der Waals surface area contributed by atoms with Gasteiger partial charge in [-0.25, -0.2) is 0 Å². The summed E-state index contributed by atoms with van der Waals surface area (Å²) in [7, 11) is 0. The Morgan fingerprint density at radius 1 is 1.20 bits per heavy atom. The van der Waals surface area contributed by atoms with Crippen molar-refractivity contribution >= 4 is 12.0 Å². The first-order chi connectivity index (χ1) is 9.63. The number of piperidine rings is 1. The second-order valence-corrected chi connectivity index (χ2v) is 6.15. The van der Waals surface area contributed by atoms with Crippen molar-refractivity contribution in [1.29, 1.82) is 0 Å². The standard InChI is InChI=1S/C17H21NO2/c1-12-7-13(2)10-18(9-12)17(19)15-8-14-5-3-4-6-16(14)20-11-15/h3-6,8,12-13H,7,9-11H2,1-2H3/t12-,13+. The predicted molar refractivity (Wildman–Crippen MR) is 79.4 cm³/mol. The highest BCUT2D eigenvalue weighted by Crippen LogP contribution is 2.28. The van der Waals surface area contributed by atoms with E-state index >= 15 is 0 Å². The number of hydrogen-bond acceptors (Lipinski definition) is 2.